The molecule has 2 amide bonds. The standard InChI is InChI=1S/C34H34ClN2O6P/c1-3-34(32(40)36-13-12-22-21-8-4-5-9-23(21)28(38)14-26(22)36)18-33(2,19-34)31(39)37-17-20(16-35)30-25-11-7-6-10-24(25)29(15-27(30)37)43-44(41)42/h4-11,14-15,20,38,41-42H,3,12-13,16-19H2,1-2H3/t20-,33?,34?/m1/s1. The number of carbonyl (C=O) groups excluding carboxylic acids is 2. The SMILES string of the molecule is CCC1(C(=O)N2CCc3c2cc(O)c2ccccc32)CC(C)(C(=O)N2C[C@@H](CCl)c3c2cc(OP(O)O)c2ccccc32)C1. The number of alkyl halides is 1. The van der Waals surface area contributed by atoms with Crippen molar-refractivity contribution in [2.75, 3.05) is 28.8 Å². The van der Waals surface area contributed by atoms with E-state index in [0.29, 0.717) is 56.1 Å². The van der Waals surface area contributed by atoms with Gasteiger partial charge in [-0.15, -0.1) is 11.6 Å². The van der Waals surface area contributed by atoms with Gasteiger partial charge in [-0.1, -0.05) is 62.4 Å². The molecule has 1 fully saturated rings. The lowest BCUT2D eigenvalue weighted by Gasteiger charge is -2.54. The predicted octanol–water partition coefficient (Wildman–Crippen LogP) is 6.74. The van der Waals surface area contributed by atoms with E-state index < -0.39 is 19.4 Å². The van der Waals surface area contributed by atoms with Crippen molar-refractivity contribution in [1.29, 1.82) is 0 Å². The maximum Gasteiger partial charge on any atom is 0.391 e. The van der Waals surface area contributed by atoms with E-state index >= 15 is 0 Å². The van der Waals surface area contributed by atoms with Crippen LogP contribution in [0.15, 0.2) is 60.7 Å². The molecule has 2 aliphatic heterocycles. The third kappa shape index (κ3) is 4.30. The lowest BCUT2D eigenvalue weighted by atomic mass is 9.51. The van der Waals surface area contributed by atoms with Gasteiger partial charge in [-0.25, -0.2) is 0 Å². The minimum absolute atomic E-state index is 0.0000839. The number of carbonyl (C=O) groups is 2. The van der Waals surface area contributed by atoms with Crippen LogP contribution in [0.2, 0.25) is 0 Å². The molecule has 2 heterocycles. The van der Waals surface area contributed by atoms with Gasteiger partial charge in [0, 0.05) is 53.2 Å². The summed E-state index contributed by atoms with van der Waals surface area (Å²) in [7, 11) is -2.66. The van der Waals surface area contributed by atoms with Gasteiger partial charge in [0.1, 0.15) is 11.5 Å². The number of benzene rings is 4. The first kappa shape index (κ1) is 29.3. The van der Waals surface area contributed by atoms with Crippen LogP contribution in [0, 0.1) is 10.8 Å². The van der Waals surface area contributed by atoms with E-state index in [1.165, 1.54) is 0 Å². The molecule has 0 spiro atoms. The maximum absolute atomic E-state index is 14.4. The van der Waals surface area contributed by atoms with Crippen molar-refractivity contribution in [2.45, 2.75) is 45.4 Å². The largest absolute Gasteiger partial charge is 0.507 e. The molecule has 3 N–H and O–H groups in total. The zero-order valence-corrected chi connectivity index (χ0v) is 26.2. The molecule has 1 saturated carbocycles. The molecule has 44 heavy (non-hydrogen) atoms. The molecule has 0 saturated heterocycles. The average molecular weight is 633 g/mol. The van der Waals surface area contributed by atoms with Crippen LogP contribution < -0.4 is 14.3 Å². The number of hydrogen-bond donors (Lipinski definition) is 3. The van der Waals surface area contributed by atoms with Gasteiger partial charge in [-0.3, -0.25) is 9.59 Å². The van der Waals surface area contributed by atoms with E-state index in [4.69, 9.17) is 16.1 Å². The number of phenolic OH excluding ortho intramolecular Hbond substituents is 1. The van der Waals surface area contributed by atoms with Gasteiger partial charge >= 0.3 is 8.60 Å². The smallest absolute Gasteiger partial charge is 0.391 e. The first-order chi connectivity index (χ1) is 21.1. The van der Waals surface area contributed by atoms with E-state index in [2.05, 4.69) is 0 Å². The topological polar surface area (TPSA) is 111 Å². The van der Waals surface area contributed by atoms with Crippen LogP contribution in [-0.4, -0.2) is 45.7 Å². The summed E-state index contributed by atoms with van der Waals surface area (Å²) in [6.45, 7) is 4.87. The van der Waals surface area contributed by atoms with Crippen molar-refractivity contribution in [2.24, 2.45) is 10.8 Å². The Balaban J connectivity index is 1.20. The number of halogens is 1. The first-order valence-corrected chi connectivity index (χ1v) is 16.7. The van der Waals surface area contributed by atoms with Gasteiger partial charge in [-0.2, -0.15) is 0 Å². The molecule has 10 heteroatoms. The third-order valence-electron chi connectivity index (χ3n) is 10.1. The highest BCUT2D eigenvalue weighted by Gasteiger charge is 2.61. The van der Waals surface area contributed by atoms with E-state index in [9.17, 15) is 24.5 Å². The van der Waals surface area contributed by atoms with E-state index in [1.807, 2.05) is 67.3 Å². The second kappa shape index (κ2) is 10.6. The monoisotopic (exact) mass is 632 g/mol. The molecule has 1 atom stereocenters. The molecule has 8 nitrogen and oxygen atoms in total. The molecular weight excluding hydrogens is 599 g/mol. The molecule has 4 aromatic rings. The molecule has 0 bridgehead atoms. The molecule has 228 valence electrons. The highest BCUT2D eigenvalue weighted by Crippen LogP contribution is 2.60. The van der Waals surface area contributed by atoms with Crippen LogP contribution >= 0.6 is 20.2 Å². The van der Waals surface area contributed by atoms with Crippen molar-refractivity contribution in [3.05, 3.63) is 71.8 Å². The fraction of sp³-hybridized carbons (Fsp3) is 0.353. The van der Waals surface area contributed by atoms with Crippen molar-refractivity contribution in [3.8, 4) is 11.5 Å². The number of rotatable bonds is 6. The minimum Gasteiger partial charge on any atom is -0.507 e. The summed E-state index contributed by atoms with van der Waals surface area (Å²) in [4.78, 5) is 51.5. The van der Waals surface area contributed by atoms with E-state index in [-0.39, 0.29) is 23.5 Å². The zero-order valence-electron chi connectivity index (χ0n) is 24.6. The van der Waals surface area contributed by atoms with Gasteiger partial charge in [0.15, 0.2) is 0 Å². The highest BCUT2D eigenvalue weighted by atomic mass is 35.5. The Bertz CT molecular complexity index is 1840. The number of phenols is 1. The van der Waals surface area contributed by atoms with Crippen LogP contribution in [-0.2, 0) is 16.0 Å². The highest BCUT2D eigenvalue weighted by molar-refractivity contribution is 7.39. The molecule has 4 aromatic carbocycles. The number of fused-ring (bicyclic) bond motifs is 6. The van der Waals surface area contributed by atoms with Crippen molar-refractivity contribution >= 4 is 64.9 Å². The molecule has 0 aromatic heterocycles. The third-order valence-corrected chi connectivity index (χ3v) is 10.8. The maximum atomic E-state index is 14.4. The summed E-state index contributed by atoms with van der Waals surface area (Å²) >= 11 is 6.45. The van der Waals surface area contributed by atoms with E-state index in [1.54, 1.807) is 17.0 Å². The number of anilines is 2. The zero-order chi connectivity index (χ0) is 31.0. The first-order valence-electron chi connectivity index (χ1n) is 15.0. The van der Waals surface area contributed by atoms with Gasteiger partial charge in [0.05, 0.1) is 16.8 Å². The number of aromatic hydroxyl groups is 1. The summed E-state index contributed by atoms with van der Waals surface area (Å²) in [5.41, 5.74) is 1.96. The van der Waals surface area contributed by atoms with Gasteiger partial charge in [-0.05, 0) is 47.6 Å². The summed E-state index contributed by atoms with van der Waals surface area (Å²) in [5, 5.41) is 14.1. The molecule has 7 rings (SSSR count). The fourth-order valence-electron chi connectivity index (χ4n) is 8.11. The lowest BCUT2D eigenvalue weighted by molar-refractivity contribution is -0.153. The van der Waals surface area contributed by atoms with Crippen molar-refractivity contribution in [1.82, 2.24) is 0 Å². The average Bonchev–Trinajstić information content (AvgIpc) is 3.60. The Morgan fingerprint density at radius 3 is 2.27 bits per heavy atom. The number of hydrogen-bond acceptors (Lipinski definition) is 6. The van der Waals surface area contributed by atoms with Crippen LogP contribution in [0.25, 0.3) is 21.5 Å². The summed E-state index contributed by atoms with van der Waals surface area (Å²) in [5.74, 6) is 0.585. The van der Waals surface area contributed by atoms with Gasteiger partial charge < -0.3 is 29.2 Å². The Labute approximate surface area is 261 Å². The van der Waals surface area contributed by atoms with Crippen LogP contribution in [0.1, 0.15) is 50.2 Å². The van der Waals surface area contributed by atoms with Crippen LogP contribution in [0.5, 0.6) is 11.5 Å². The summed E-state index contributed by atoms with van der Waals surface area (Å²) in [6, 6.07) is 18.7. The summed E-state index contributed by atoms with van der Waals surface area (Å²) in [6.07, 6.45) is 2.13. The Hall–Kier alpha value is -3.42. The minimum atomic E-state index is -2.66. The molecule has 0 radical (unpaired) electrons. The summed E-state index contributed by atoms with van der Waals surface area (Å²) < 4.78 is 5.42. The Morgan fingerprint density at radius 1 is 0.955 bits per heavy atom. The Kier molecular flexibility index (Phi) is 7.05. The quantitative estimate of drug-likeness (QED) is 0.160. The van der Waals surface area contributed by atoms with Gasteiger partial charge in [0.2, 0.25) is 11.8 Å². The second-order valence-electron chi connectivity index (χ2n) is 12.7. The molecule has 3 aliphatic rings. The molecular formula is C34H34ClN2O6P. The normalized spacial score (nSPS) is 24.1. The molecule has 1 aliphatic carbocycles. The predicted molar refractivity (Wildman–Crippen MR) is 173 cm³/mol. The van der Waals surface area contributed by atoms with Crippen molar-refractivity contribution in [3.63, 3.8) is 0 Å². The van der Waals surface area contributed by atoms with Gasteiger partial charge in [0.25, 0.3) is 0 Å². The lowest BCUT2D eigenvalue weighted by Crippen LogP contribution is -2.60. The number of nitrogens with zero attached hydrogens (tertiary/aromatic N) is 2. The number of amides is 2. The van der Waals surface area contributed by atoms with Crippen molar-refractivity contribution < 1.29 is 29.0 Å². The molecule has 0 unspecified atom stereocenters. The fourth-order valence-corrected chi connectivity index (χ4v) is 8.69. The Morgan fingerprint density at radius 2 is 1.61 bits per heavy atom. The van der Waals surface area contributed by atoms with E-state index in [0.717, 1.165) is 38.4 Å². The van der Waals surface area contributed by atoms with Crippen LogP contribution in [0.3, 0.4) is 0 Å². The second-order valence-corrected chi connectivity index (χ2v) is 13.7. The van der Waals surface area contributed by atoms with Crippen LogP contribution in [0.4, 0.5) is 11.4 Å².